The second kappa shape index (κ2) is 3.46. The van der Waals surface area contributed by atoms with E-state index in [0.717, 1.165) is 18.4 Å². The molecule has 2 rings (SSSR count). The van der Waals surface area contributed by atoms with Crippen LogP contribution in [0.25, 0.3) is 0 Å². The molecule has 0 spiro atoms. The van der Waals surface area contributed by atoms with E-state index in [2.05, 4.69) is 5.32 Å². The number of halogens is 1. The van der Waals surface area contributed by atoms with E-state index >= 15 is 0 Å². The maximum absolute atomic E-state index is 12.9. The van der Waals surface area contributed by atoms with Crippen molar-refractivity contribution in [3.05, 3.63) is 35.6 Å². The zero-order valence-corrected chi connectivity index (χ0v) is 7.76. The highest BCUT2D eigenvalue weighted by Crippen LogP contribution is 2.36. The van der Waals surface area contributed by atoms with Crippen molar-refractivity contribution in [2.24, 2.45) is 0 Å². The van der Waals surface area contributed by atoms with E-state index in [4.69, 9.17) is 0 Å². The SMILES string of the molecule is CNC1CC(c2cccc(F)c2)C1. The van der Waals surface area contributed by atoms with E-state index in [-0.39, 0.29) is 5.82 Å². The van der Waals surface area contributed by atoms with E-state index in [1.54, 1.807) is 12.1 Å². The van der Waals surface area contributed by atoms with Crippen molar-refractivity contribution in [1.29, 1.82) is 0 Å². The molecule has 1 saturated carbocycles. The van der Waals surface area contributed by atoms with E-state index < -0.39 is 0 Å². The molecule has 13 heavy (non-hydrogen) atoms. The van der Waals surface area contributed by atoms with Gasteiger partial charge in [-0.2, -0.15) is 0 Å². The number of hydrogen-bond donors (Lipinski definition) is 1. The molecule has 0 bridgehead atoms. The lowest BCUT2D eigenvalue weighted by atomic mass is 9.76. The predicted octanol–water partition coefficient (Wildman–Crippen LogP) is 2.29. The summed E-state index contributed by atoms with van der Waals surface area (Å²) in [4.78, 5) is 0. The third-order valence-electron chi connectivity index (χ3n) is 2.87. The van der Waals surface area contributed by atoms with Crippen LogP contribution in [0.4, 0.5) is 4.39 Å². The molecule has 0 aromatic heterocycles. The van der Waals surface area contributed by atoms with Gasteiger partial charge in [0.25, 0.3) is 0 Å². The molecule has 70 valence electrons. The minimum absolute atomic E-state index is 0.120. The Labute approximate surface area is 78.0 Å². The molecular formula is C11H14FN. The highest BCUT2D eigenvalue weighted by atomic mass is 19.1. The Morgan fingerprint density at radius 1 is 1.38 bits per heavy atom. The minimum atomic E-state index is -0.120. The van der Waals surface area contributed by atoms with Gasteiger partial charge in [0.05, 0.1) is 0 Å². The van der Waals surface area contributed by atoms with Crippen LogP contribution in [0.3, 0.4) is 0 Å². The van der Waals surface area contributed by atoms with Crippen molar-refractivity contribution in [3.8, 4) is 0 Å². The van der Waals surface area contributed by atoms with Crippen LogP contribution in [0.2, 0.25) is 0 Å². The van der Waals surface area contributed by atoms with Crippen LogP contribution in [0, 0.1) is 5.82 Å². The van der Waals surface area contributed by atoms with Gasteiger partial charge in [0.2, 0.25) is 0 Å². The molecule has 1 nitrogen and oxygen atoms in total. The molecule has 0 aliphatic heterocycles. The van der Waals surface area contributed by atoms with E-state index in [1.165, 1.54) is 6.07 Å². The Morgan fingerprint density at radius 3 is 2.77 bits per heavy atom. The van der Waals surface area contributed by atoms with Gasteiger partial charge in [-0.25, -0.2) is 4.39 Å². The lowest BCUT2D eigenvalue weighted by Crippen LogP contribution is -2.37. The Balaban J connectivity index is 2.03. The average Bonchev–Trinajstić information content (AvgIpc) is 2.02. The van der Waals surface area contributed by atoms with Crippen molar-refractivity contribution in [1.82, 2.24) is 5.32 Å². The number of rotatable bonds is 2. The van der Waals surface area contributed by atoms with Gasteiger partial charge in [-0.3, -0.25) is 0 Å². The maximum Gasteiger partial charge on any atom is 0.123 e. The van der Waals surface area contributed by atoms with Gasteiger partial charge in [0.1, 0.15) is 5.82 Å². The minimum Gasteiger partial charge on any atom is -0.317 e. The first-order valence-electron chi connectivity index (χ1n) is 4.72. The molecule has 2 heteroatoms. The zero-order valence-electron chi connectivity index (χ0n) is 7.76. The molecule has 1 aliphatic carbocycles. The first kappa shape index (κ1) is 8.70. The standard InChI is InChI=1S/C11H14FN/c1-13-11-6-9(7-11)8-3-2-4-10(12)5-8/h2-5,9,11,13H,6-7H2,1H3. The summed E-state index contributed by atoms with van der Waals surface area (Å²) in [6.45, 7) is 0. The van der Waals surface area contributed by atoms with Crippen molar-refractivity contribution in [3.63, 3.8) is 0 Å². The van der Waals surface area contributed by atoms with Gasteiger partial charge in [-0.05, 0) is 43.5 Å². The quantitative estimate of drug-likeness (QED) is 0.734. The topological polar surface area (TPSA) is 12.0 Å². The van der Waals surface area contributed by atoms with Gasteiger partial charge in [-0.1, -0.05) is 12.1 Å². The van der Waals surface area contributed by atoms with Crippen molar-refractivity contribution < 1.29 is 4.39 Å². The third-order valence-corrected chi connectivity index (χ3v) is 2.87. The molecule has 0 radical (unpaired) electrons. The molecule has 0 atom stereocenters. The van der Waals surface area contributed by atoms with E-state index in [0.29, 0.717) is 12.0 Å². The lowest BCUT2D eigenvalue weighted by Gasteiger charge is -2.35. The summed E-state index contributed by atoms with van der Waals surface area (Å²) in [6.07, 6.45) is 2.28. The second-order valence-corrected chi connectivity index (χ2v) is 3.71. The molecule has 0 unspecified atom stereocenters. The zero-order chi connectivity index (χ0) is 9.26. The molecule has 0 amide bonds. The summed E-state index contributed by atoms with van der Waals surface area (Å²) in [6, 6.07) is 7.58. The molecule has 1 aromatic rings. The molecule has 1 N–H and O–H groups in total. The molecule has 1 aromatic carbocycles. The predicted molar refractivity (Wildman–Crippen MR) is 51.2 cm³/mol. The summed E-state index contributed by atoms with van der Waals surface area (Å²) in [5.41, 5.74) is 1.14. The maximum atomic E-state index is 12.9. The molecular weight excluding hydrogens is 165 g/mol. The van der Waals surface area contributed by atoms with Gasteiger partial charge in [0.15, 0.2) is 0 Å². The number of hydrogen-bond acceptors (Lipinski definition) is 1. The highest BCUT2D eigenvalue weighted by molar-refractivity contribution is 5.23. The van der Waals surface area contributed by atoms with Gasteiger partial charge >= 0.3 is 0 Å². The van der Waals surface area contributed by atoms with Crippen LogP contribution >= 0.6 is 0 Å². The Kier molecular flexibility index (Phi) is 2.32. The van der Waals surface area contributed by atoms with Crippen LogP contribution in [-0.4, -0.2) is 13.1 Å². The average molecular weight is 179 g/mol. The fraction of sp³-hybridized carbons (Fsp3) is 0.455. The smallest absolute Gasteiger partial charge is 0.123 e. The lowest BCUT2D eigenvalue weighted by molar-refractivity contribution is 0.306. The largest absolute Gasteiger partial charge is 0.317 e. The fourth-order valence-electron chi connectivity index (χ4n) is 1.89. The normalized spacial score (nSPS) is 26.9. The number of nitrogens with one attached hydrogen (secondary N) is 1. The Hall–Kier alpha value is -0.890. The molecule has 1 aliphatic rings. The fourth-order valence-corrected chi connectivity index (χ4v) is 1.89. The van der Waals surface area contributed by atoms with Crippen LogP contribution < -0.4 is 5.32 Å². The van der Waals surface area contributed by atoms with Crippen LogP contribution in [0.5, 0.6) is 0 Å². The highest BCUT2D eigenvalue weighted by Gasteiger charge is 2.28. The summed E-state index contributed by atoms with van der Waals surface area (Å²) in [7, 11) is 1.98. The first-order valence-corrected chi connectivity index (χ1v) is 4.72. The van der Waals surface area contributed by atoms with Crippen molar-refractivity contribution in [2.45, 2.75) is 24.8 Å². The second-order valence-electron chi connectivity index (χ2n) is 3.71. The molecule has 0 saturated heterocycles. The summed E-state index contributed by atoms with van der Waals surface area (Å²) in [5, 5.41) is 3.22. The summed E-state index contributed by atoms with van der Waals surface area (Å²) >= 11 is 0. The molecule has 1 fully saturated rings. The van der Waals surface area contributed by atoms with Crippen LogP contribution in [-0.2, 0) is 0 Å². The van der Waals surface area contributed by atoms with Gasteiger partial charge in [0, 0.05) is 6.04 Å². The van der Waals surface area contributed by atoms with Crippen molar-refractivity contribution in [2.75, 3.05) is 7.05 Å². The van der Waals surface area contributed by atoms with Gasteiger partial charge in [-0.15, -0.1) is 0 Å². The van der Waals surface area contributed by atoms with Gasteiger partial charge < -0.3 is 5.32 Å². The monoisotopic (exact) mass is 179 g/mol. The van der Waals surface area contributed by atoms with E-state index in [1.807, 2.05) is 13.1 Å². The molecule has 0 heterocycles. The summed E-state index contributed by atoms with van der Waals surface area (Å²) < 4.78 is 12.9. The van der Waals surface area contributed by atoms with Crippen molar-refractivity contribution >= 4 is 0 Å². The summed E-state index contributed by atoms with van der Waals surface area (Å²) in [5.74, 6) is 0.443. The third kappa shape index (κ3) is 1.73. The number of benzene rings is 1. The van der Waals surface area contributed by atoms with Crippen LogP contribution in [0.1, 0.15) is 24.3 Å². The Bertz CT molecular complexity index is 292. The first-order chi connectivity index (χ1) is 6.29. The Morgan fingerprint density at radius 2 is 2.15 bits per heavy atom. The van der Waals surface area contributed by atoms with Crippen LogP contribution in [0.15, 0.2) is 24.3 Å². The van der Waals surface area contributed by atoms with E-state index in [9.17, 15) is 4.39 Å².